The summed E-state index contributed by atoms with van der Waals surface area (Å²) in [4.78, 5) is 4.96. The lowest BCUT2D eigenvalue weighted by atomic mass is 9.77. The van der Waals surface area contributed by atoms with Gasteiger partial charge < -0.3 is 9.88 Å². The number of benzene rings is 1. The van der Waals surface area contributed by atoms with Crippen molar-refractivity contribution in [3.63, 3.8) is 0 Å². The van der Waals surface area contributed by atoms with E-state index in [1.165, 1.54) is 18.7 Å². The first-order chi connectivity index (χ1) is 9.70. The van der Waals surface area contributed by atoms with E-state index in [1.807, 2.05) is 18.2 Å². The van der Waals surface area contributed by atoms with Gasteiger partial charge in [-0.25, -0.2) is 4.98 Å². The molecule has 1 unspecified atom stereocenters. The molecule has 0 aliphatic carbocycles. The third-order valence-corrected chi connectivity index (χ3v) is 4.88. The molecule has 2 heterocycles. The molecule has 0 radical (unpaired) electrons. The SMILES string of the molecule is CCn1c(C2(CC)CCCNC2)nc2ccc(Cl)cc21. The number of nitrogens with one attached hydrogen (secondary N) is 1. The fraction of sp³-hybridized carbons (Fsp3) is 0.562. The van der Waals surface area contributed by atoms with Crippen molar-refractivity contribution in [3.05, 3.63) is 29.0 Å². The zero-order chi connectivity index (χ0) is 14.2. The molecule has 1 atom stereocenters. The van der Waals surface area contributed by atoms with Crippen molar-refractivity contribution in [2.75, 3.05) is 13.1 Å². The normalized spacial score (nSPS) is 23.4. The van der Waals surface area contributed by atoms with Gasteiger partial charge in [-0.1, -0.05) is 18.5 Å². The standard InChI is InChI=1S/C16H22ClN3/c1-3-16(8-5-9-18-11-16)15-19-13-7-6-12(17)10-14(13)20(15)4-2/h6-7,10,18H,3-5,8-9,11H2,1-2H3. The molecule has 1 aliphatic rings. The van der Waals surface area contributed by atoms with Gasteiger partial charge in [0.15, 0.2) is 0 Å². The average molecular weight is 292 g/mol. The molecule has 3 nitrogen and oxygen atoms in total. The Balaban J connectivity index is 2.19. The third kappa shape index (κ3) is 2.13. The summed E-state index contributed by atoms with van der Waals surface area (Å²) in [5, 5.41) is 4.34. The van der Waals surface area contributed by atoms with Crippen molar-refractivity contribution in [2.24, 2.45) is 0 Å². The lowest BCUT2D eigenvalue weighted by Crippen LogP contribution is -2.44. The number of hydrogen-bond acceptors (Lipinski definition) is 2. The molecule has 1 aromatic heterocycles. The Morgan fingerprint density at radius 3 is 2.90 bits per heavy atom. The Morgan fingerprint density at radius 1 is 1.40 bits per heavy atom. The van der Waals surface area contributed by atoms with E-state index in [0.717, 1.165) is 42.1 Å². The topological polar surface area (TPSA) is 29.9 Å². The molecular weight excluding hydrogens is 270 g/mol. The van der Waals surface area contributed by atoms with E-state index in [1.54, 1.807) is 0 Å². The van der Waals surface area contributed by atoms with Crippen molar-refractivity contribution < 1.29 is 0 Å². The third-order valence-electron chi connectivity index (χ3n) is 4.65. The Hall–Kier alpha value is -1.06. The van der Waals surface area contributed by atoms with Crippen LogP contribution >= 0.6 is 11.6 Å². The van der Waals surface area contributed by atoms with Gasteiger partial charge in [0, 0.05) is 23.5 Å². The summed E-state index contributed by atoms with van der Waals surface area (Å²) in [5.74, 6) is 1.23. The molecule has 1 aliphatic heterocycles. The maximum absolute atomic E-state index is 6.16. The second-order valence-corrected chi connectivity index (χ2v) is 6.16. The summed E-state index contributed by atoms with van der Waals surface area (Å²) < 4.78 is 2.34. The number of aryl methyl sites for hydroxylation is 1. The zero-order valence-corrected chi connectivity index (χ0v) is 13.0. The van der Waals surface area contributed by atoms with E-state index in [0.29, 0.717) is 0 Å². The van der Waals surface area contributed by atoms with Crippen LogP contribution in [0.1, 0.15) is 38.9 Å². The number of piperidine rings is 1. The van der Waals surface area contributed by atoms with Crippen LogP contribution < -0.4 is 5.32 Å². The Labute approximate surface area is 125 Å². The lowest BCUT2D eigenvalue weighted by molar-refractivity contribution is 0.280. The fourth-order valence-corrected chi connectivity index (χ4v) is 3.61. The number of fused-ring (bicyclic) bond motifs is 1. The first-order valence-electron chi connectivity index (χ1n) is 7.57. The number of halogens is 1. The van der Waals surface area contributed by atoms with Crippen molar-refractivity contribution in [1.29, 1.82) is 0 Å². The van der Waals surface area contributed by atoms with E-state index in [9.17, 15) is 0 Å². The Kier molecular flexibility index (Phi) is 3.74. The molecule has 0 spiro atoms. The maximum Gasteiger partial charge on any atom is 0.117 e. The molecule has 1 fully saturated rings. The molecule has 0 amide bonds. The van der Waals surface area contributed by atoms with Gasteiger partial charge in [-0.15, -0.1) is 0 Å². The number of rotatable bonds is 3. The molecule has 1 saturated heterocycles. The Bertz CT molecular complexity index is 611. The molecule has 1 N–H and O–H groups in total. The summed E-state index contributed by atoms with van der Waals surface area (Å²) in [6, 6.07) is 6.00. The fourth-order valence-electron chi connectivity index (χ4n) is 3.44. The summed E-state index contributed by atoms with van der Waals surface area (Å²) in [5.41, 5.74) is 2.39. The second kappa shape index (κ2) is 5.38. The summed E-state index contributed by atoms with van der Waals surface area (Å²) in [6.45, 7) is 7.55. The van der Waals surface area contributed by atoms with E-state index in [4.69, 9.17) is 16.6 Å². The van der Waals surface area contributed by atoms with E-state index < -0.39 is 0 Å². The van der Waals surface area contributed by atoms with Crippen LogP contribution in [0.15, 0.2) is 18.2 Å². The average Bonchev–Trinajstić information content (AvgIpc) is 2.86. The number of aromatic nitrogens is 2. The van der Waals surface area contributed by atoms with Gasteiger partial charge in [-0.05, 0) is 50.9 Å². The van der Waals surface area contributed by atoms with Gasteiger partial charge in [-0.2, -0.15) is 0 Å². The lowest BCUT2D eigenvalue weighted by Gasteiger charge is -2.36. The summed E-state index contributed by atoms with van der Waals surface area (Å²) >= 11 is 6.16. The van der Waals surface area contributed by atoms with Crippen molar-refractivity contribution >= 4 is 22.6 Å². The minimum atomic E-state index is 0.166. The number of imidazole rings is 1. The van der Waals surface area contributed by atoms with E-state index >= 15 is 0 Å². The van der Waals surface area contributed by atoms with Gasteiger partial charge in [-0.3, -0.25) is 0 Å². The van der Waals surface area contributed by atoms with Crippen LogP contribution in [0, 0.1) is 0 Å². The number of nitrogens with zero attached hydrogens (tertiary/aromatic N) is 2. The van der Waals surface area contributed by atoms with Crippen molar-refractivity contribution in [3.8, 4) is 0 Å². The molecule has 0 bridgehead atoms. The smallest absolute Gasteiger partial charge is 0.117 e. The predicted octanol–water partition coefficient (Wildman–Crippen LogP) is 3.74. The van der Waals surface area contributed by atoms with Crippen LogP contribution in [0.4, 0.5) is 0 Å². The highest BCUT2D eigenvalue weighted by molar-refractivity contribution is 6.31. The molecule has 3 rings (SSSR count). The highest BCUT2D eigenvalue weighted by Gasteiger charge is 2.36. The largest absolute Gasteiger partial charge is 0.328 e. The van der Waals surface area contributed by atoms with Gasteiger partial charge >= 0.3 is 0 Å². The highest BCUT2D eigenvalue weighted by Crippen LogP contribution is 2.36. The van der Waals surface area contributed by atoms with Gasteiger partial charge in [0.1, 0.15) is 5.82 Å². The van der Waals surface area contributed by atoms with Crippen LogP contribution in [0.5, 0.6) is 0 Å². The molecule has 1 aromatic carbocycles. The van der Waals surface area contributed by atoms with Gasteiger partial charge in [0.2, 0.25) is 0 Å². The van der Waals surface area contributed by atoms with Gasteiger partial charge in [0.05, 0.1) is 11.0 Å². The van der Waals surface area contributed by atoms with Crippen LogP contribution in [-0.2, 0) is 12.0 Å². The van der Waals surface area contributed by atoms with Crippen molar-refractivity contribution in [1.82, 2.24) is 14.9 Å². The summed E-state index contributed by atoms with van der Waals surface area (Å²) in [7, 11) is 0. The molecule has 20 heavy (non-hydrogen) atoms. The molecule has 4 heteroatoms. The minimum Gasteiger partial charge on any atom is -0.328 e. The highest BCUT2D eigenvalue weighted by atomic mass is 35.5. The molecule has 2 aromatic rings. The quantitative estimate of drug-likeness (QED) is 0.933. The maximum atomic E-state index is 6.16. The second-order valence-electron chi connectivity index (χ2n) is 5.73. The summed E-state index contributed by atoms with van der Waals surface area (Å²) in [6.07, 6.45) is 3.56. The van der Waals surface area contributed by atoms with Crippen LogP contribution in [0.2, 0.25) is 5.02 Å². The van der Waals surface area contributed by atoms with Gasteiger partial charge in [0.25, 0.3) is 0 Å². The van der Waals surface area contributed by atoms with Crippen molar-refractivity contribution in [2.45, 2.75) is 45.1 Å². The minimum absolute atomic E-state index is 0.166. The van der Waals surface area contributed by atoms with E-state index in [-0.39, 0.29) is 5.41 Å². The zero-order valence-electron chi connectivity index (χ0n) is 12.2. The number of hydrogen-bond donors (Lipinski definition) is 1. The Morgan fingerprint density at radius 2 is 2.25 bits per heavy atom. The van der Waals surface area contributed by atoms with E-state index in [2.05, 4.69) is 23.7 Å². The molecular formula is C16H22ClN3. The van der Waals surface area contributed by atoms with Crippen LogP contribution in [0.3, 0.4) is 0 Å². The first kappa shape index (κ1) is 13.9. The molecule has 108 valence electrons. The van der Waals surface area contributed by atoms with Crippen LogP contribution in [-0.4, -0.2) is 22.6 Å². The molecule has 0 saturated carbocycles. The predicted molar refractivity (Wildman–Crippen MR) is 84.5 cm³/mol. The monoisotopic (exact) mass is 291 g/mol. The first-order valence-corrected chi connectivity index (χ1v) is 7.95. The van der Waals surface area contributed by atoms with Crippen LogP contribution in [0.25, 0.3) is 11.0 Å².